The summed E-state index contributed by atoms with van der Waals surface area (Å²) in [6.07, 6.45) is 8.94. The fourth-order valence-corrected chi connectivity index (χ4v) is 2.52. The predicted molar refractivity (Wildman–Crippen MR) is 81.0 cm³/mol. The fourth-order valence-electron chi connectivity index (χ4n) is 1.54. The second kappa shape index (κ2) is 8.68. The third kappa shape index (κ3) is 6.14. The molecule has 0 atom stereocenters. The van der Waals surface area contributed by atoms with Crippen molar-refractivity contribution in [2.45, 2.75) is 24.7 Å². The molecule has 0 fully saturated rings. The zero-order chi connectivity index (χ0) is 14.8. The summed E-state index contributed by atoms with van der Waals surface area (Å²) in [4.78, 5) is 0.280. The standard InChI is InChI=1S/C15H21NO3S/c1-14-8-10-15(11-9-14)20(18,19)16-12-6-4-2-3-5-7-13-17/h4-11,16-17H,2-3,12-13H2,1H3/b6-4-,7-5+. The molecule has 0 spiro atoms. The highest BCUT2D eigenvalue weighted by atomic mass is 32.2. The van der Waals surface area contributed by atoms with E-state index in [9.17, 15) is 8.42 Å². The van der Waals surface area contributed by atoms with Crippen molar-refractivity contribution in [3.63, 3.8) is 0 Å². The Kier molecular flexibility index (Phi) is 7.22. The van der Waals surface area contributed by atoms with Gasteiger partial charge in [0, 0.05) is 6.54 Å². The van der Waals surface area contributed by atoms with Crippen LogP contribution in [-0.2, 0) is 10.0 Å². The summed E-state index contributed by atoms with van der Waals surface area (Å²) in [5.41, 5.74) is 1.03. The number of hydrogen-bond donors (Lipinski definition) is 2. The number of aliphatic hydroxyl groups excluding tert-OH is 1. The molecular weight excluding hydrogens is 274 g/mol. The number of aliphatic hydroxyl groups is 1. The first-order chi connectivity index (χ1) is 9.56. The Morgan fingerprint density at radius 1 is 1.05 bits per heavy atom. The van der Waals surface area contributed by atoms with Gasteiger partial charge in [0.15, 0.2) is 0 Å². The number of hydrogen-bond acceptors (Lipinski definition) is 3. The molecule has 4 nitrogen and oxygen atoms in total. The van der Waals surface area contributed by atoms with E-state index in [1.807, 2.05) is 19.1 Å². The number of sulfonamides is 1. The Labute approximate surface area is 120 Å². The predicted octanol–water partition coefficient (Wildman–Crippen LogP) is 2.16. The van der Waals surface area contributed by atoms with Crippen LogP contribution >= 0.6 is 0 Å². The van der Waals surface area contributed by atoms with Crippen LogP contribution in [0.3, 0.4) is 0 Å². The molecule has 2 N–H and O–H groups in total. The minimum Gasteiger partial charge on any atom is -0.392 e. The molecule has 0 radical (unpaired) electrons. The Morgan fingerprint density at radius 2 is 1.65 bits per heavy atom. The number of unbranched alkanes of at least 4 members (excludes halogenated alkanes) is 1. The number of nitrogens with one attached hydrogen (secondary N) is 1. The maximum Gasteiger partial charge on any atom is 0.240 e. The van der Waals surface area contributed by atoms with Crippen LogP contribution in [-0.4, -0.2) is 26.7 Å². The molecule has 0 aromatic heterocycles. The number of benzene rings is 1. The molecule has 0 aliphatic heterocycles. The first-order valence-electron chi connectivity index (χ1n) is 6.53. The van der Waals surface area contributed by atoms with Gasteiger partial charge in [-0.15, -0.1) is 0 Å². The van der Waals surface area contributed by atoms with Gasteiger partial charge in [-0.3, -0.25) is 0 Å². The van der Waals surface area contributed by atoms with Gasteiger partial charge in [0.25, 0.3) is 0 Å². The van der Waals surface area contributed by atoms with Crippen molar-refractivity contribution in [1.29, 1.82) is 0 Å². The molecule has 1 aromatic carbocycles. The molecule has 0 saturated carbocycles. The van der Waals surface area contributed by atoms with E-state index in [1.54, 1.807) is 36.4 Å². The third-order valence-corrected chi connectivity index (χ3v) is 4.10. The van der Waals surface area contributed by atoms with Crippen molar-refractivity contribution in [2.75, 3.05) is 13.2 Å². The van der Waals surface area contributed by atoms with Crippen LogP contribution in [0.15, 0.2) is 53.5 Å². The maximum atomic E-state index is 11.9. The minimum absolute atomic E-state index is 0.0556. The molecule has 1 aromatic rings. The summed E-state index contributed by atoms with van der Waals surface area (Å²) in [6.45, 7) is 2.25. The van der Waals surface area contributed by atoms with E-state index in [0.29, 0.717) is 0 Å². The van der Waals surface area contributed by atoms with Crippen LogP contribution < -0.4 is 4.72 Å². The molecule has 0 unspecified atom stereocenters. The summed E-state index contributed by atoms with van der Waals surface area (Å²) >= 11 is 0. The zero-order valence-corrected chi connectivity index (χ0v) is 12.4. The lowest BCUT2D eigenvalue weighted by Gasteiger charge is -2.04. The fraction of sp³-hybridized carbons (Fsp3) is 0.333. The zero-order valence-electron chi connectivity index (χ0n) is 11.6. The lowest BCUT2D eigenvalue weighted by molar-refractivity contribution is 0.342. The summed E-state index contributed by atoms with van der Waals surface area (Å²) in [7, 11) is -3.43. The van der Waals surface area contributed by atoms with E-state index in [-0.39, 0.29) is 18.0 Å². The highest BCUT2D eigenvalue weighted by Crippen LogP contribution is 2.09. The molecule has 0 aliphatic rings. The molecular formula is C15H21NO3S. The SMILES string of the molecule is Cc1ccc(S(=O)(=O)NC/C=C\CC/C=C/CO)cc1. The maximum absolute atomic E-state index is 11.9. The van der Waals surface area contributed by atoms with Crippen LogP contribution in [0.4, 0.5) is 0 Å². The minimum atomic E-state index is -3.43. The van der Waals surface area contributed by atoms with Gasteiger partial charge in [-0.2, -0.15) is 0 Å². The van der Waals surface area contributed by atoms with E-state index < -0.39 is 10.0 Å². The topological polar surface area (TPSA) is 66.4 Å². The second-order valence-corrected chi connectivity index (χ2v) is 6.13. The van der Waals surface area contributed by atoms with Crippen molar-refractivity contribution in [3.8, 4) is 0 Å². The van der Waals surface area contributed by atoms with Crippen LogP contribution in [0.5, 0.6) is 0 Å². The molecule has 5 heteroatoms. The highest BCUT2D eigenvalue weighted by molar-refractivity contribution is 7.89. The monoisotopic (exact) mass is 295 g/mol. The summed E-state index contributed by atoms with van der Waals surface area (Å²) < 4.78 is 26.4. The van der Waals surface area contributed by atoms with Gasteiger partial charge in [-0.25, -0.2) is 13.1 Å². The number of allylic oxidation sites excluding steroid dienone is 2. The number of rotatable bonds is 8. The summed E-state index contributed by atoms with van der Waals surface area (Å²) in [5, 5.41) is 8.54. The lowest BCUT2D eigenvalue weighted by Crippen LogP contribution is -2.23. The molecule has 20 heavy (non-hydrogen) atoms. The van der Waals surface area contributed by atoms with E-state index in [2.05, 4.69) is 4.72 Å². The molecule has 0 saturated heterocycles. The van der Waals surface area contributed by atoms with E-state index in [4.69, 9.17) is 5.11 Å². The van der Waals surface area contributed by atoms with Crippen molar-refractivity contribution in [3.05, 3.63) is 54.1 Å². The van der Waals surface area contributed by atoms with Crippen molar-refractivity contribution in [1.82, 2.24) is 4.72 Å². The van der Waals surface area contributed by atoms with Gasteiger partial charge in [0.1, 0.15) is 0 Å². The average molecular weight is 295 g/mol. The Morgan fingerprint density at radius 3 is 2.25 bits per heavy atom. The van der Waals surface area contributed by atoms with Crippen LogP contribution in [0.1, 0.15) is 18.4 Å². The molecule has 0 bridgehead atoms. The van der Waals surface area contributed by atoms with Crippen molar-refractivity contribution < 1.29 is 13.5 Å². The number of aryl methyl sites for hydroxylation is 1. The van der Waals surface area contributed by atoms with Crippen LogP contribution in [0, 0.1) is 6.92 Å². The molecule has 0 heterocycles. The normalized spacial score (nSPS) is 12.5. The largest absolute Gasteiger partial charge is 0.392 e. The van der Waals surface area contributed by atoms with Gasteiger partial charge in [-0.1, -0.05) is 42.0 Å². The van der Waals surface area contributed by atoms with Crippen LogP contribution in [0.2, 0.25) is 0 Å². The van der Waals surface area contributed by atoms with Gasteiger partial charge in [-0.05, 0) is 31.9 Å². The summed E-state index contributed by atoms with van der Waals surface area (Å²) in [6, 6.07) is 6.75. The van der Waals surface area contributed by atoms with Crippen molar-refractivity contribution in [2.24, 2.45) is 0 Å². The smallest absolute Gasteiger partial charge is 0.240 e. The van der Waals surface area contributed by atoms with Gasteiger partial charge < -0.3 is 5.11 Å². The van der Waals surface area contributed by atoms with Crippen molar-refractivity contribution >= 4 is 10.0 Å². The quantitative estimate of drug-likeness (QED) is 0.570. The first-order valence-corrected chi connectivity index (χ1v) is 8.02. The van der Waals surface area contributed by atoms with Crippen LogP contribution in [0.25, 0.3) is 0 Å². The molecule has 110 valence electrons. The van der Waals surface area contributed by atoms with Gasteiger partial charge in [0.05, 0.1) is 11.5 Å². The Balaban J connectivity index is 2.39. The van der Waals surface area contributed by atoms with E-state index in [1.165, 1.54) is 0 Å². The molecule has 1 rings (SSSR count). The Bertz CT molecular complexity index is 545. The second-order valence-electron chi connectivity index (χ2n) is 4.37. The average Bonchev–Trinajstić information content (AvgIpc) is 2.42. The van der Waals surface area contributed by atoms with Gasteiger partial charge in [0.2, 0.25) is 10.0 Å². The summed E-state index contributed by atoms with van der Waals surface area (Å²) in [5.74, 6) is 0. The highest BCUT2D eigenvalue weighted by Gasteiger charge is 2.11. The van der Waals surface area contributed by atoms with Gasteiger partial charge >= 0.3 is 0 Å². The van der Waals surface area contributed by atoms with E-state index in [0.717, 1.165) is 18.4 Å². The molecule has 0 aliphatic carbocycles. The first kappa shape index (κ1) is 16.6. The third-order valence-electron chi connectivity index (χ3n) is 2.66. The Hall–Kier alpha value is -1.43. The molecule has 0 amide bonds. The lowest BCUT2D eigenvalue weighted by atomic mass is 10.2. The van der Waals surface area contributed by atoms with E-state index >= 15 is 0 Å².